The lowest BCUT2D eigenvalue weighted by Crippen LogP contribution is -2.47. The fourth-order valence-electron chi connectivity index (χ4n) is 3.09. The SMILES string of the molecule is COc1ccc(CCN2CCN(c3ccc4nnnn4n3)CC2)cc1. The predicted molar refractivity (Wildman–Crippen MR) is 93.9 cm³/mol. The van der Waals surface area contributed by atoms with Gasteiger partial charge in [0.15, 0.2) is 11.5 Å². The quantitative estimate of drug-likeness (QED) is 0.684. The smallest absolute Gasteiger partial charge is 0.200 e. The predicted octanol–water partition coefficient (Wildman–Crippen LogP) is 0.893. The minimum atomic E-state index is 0.668. The highest BCUT2D eigenvalue weighted by molar-refractivity contribution is 5.44. The summed E-state index contributed by atoms with van der Waals surface area (Å²) < 4.78 is 6.68. The Morgan fingerprint density at radius 2 is 1.80 bits per heavy atom. The maximum absolute atomic E-state index is 5.20. The molecule has 3 heterocycles. The number of ether oxygens (including phenoxy) is 1. The van der Waals surface area contributed by atoms with Crippen LogP contribution in [0.5, 0.6) is 5.75 Å². The molecule has 0 bridgehead atoms. The van der Waals surface area contributed by atoms with Gasteiger partial charge in [0.2, 0.25) is 0 Å². The van der Waals surface area contributed by atoms with Crippen molar-refractivity contribution in [2.45, 2.75) is 6.42 Å². The van der Waals surface area contributed by atoms with Crippen molar-refractivity contribution in [3.63, 3.8) is 0 Å². The second kappa shape index (κ2) is 7.02. The second-order valence-corrected chi connectivity index (χ2v) is 6.14. The van der Waals surface area contributed by atoms with Gasteiger partial charge in [0.25, 0.3) is 0 Å². The van der Waals surface area contributed by atoms with Gasteiger partial charge in [-0.05, 0) is 46.7 Å². The van der Waals surface area contributed by atoms with Crippen LogP contribution in [0.3, 0.4) is 0 Å². The first-order chi connectivity index (χ1) is 12.3. The molecule has 0 saturated carbocycles. The van der Waals surface area contributed by atoms with Gasteiger partial charge >= 0.3 is 0 Å². The van der Waals surface area contributed by atoms with E-state index in [9.17, 15) is 0 Å². The molecule has 1 fully saturated rings. The zero-order valence-electron chi connectivity index (χ0n) is 14.2. The zero-order chi connectivity index (χ0) is 17.1. The molecule has 0 radical (unpaired) electrons. The van der Waals surface area contributed by atoms with Crippen LogP contribution in [0, 0.1) is 0 Å². The number of nitrogens with zero attached hydrogens (tertiary/aromatic N) is 7. The van der Waals surface area contributed by atoms with Crippen molar-refractivity contribution >= 4 is 11.5 Å². The van der Waals surface area contributed by atoms with E-state index in [1.54, 1.807) is 7.11 Å². The number of piperazine rings is 1. The molecule has 1 aliphatic heterocycles. The molecule has 2 aromatic heterocycles. The van der Waals surface area contributed by atoms with Gasteiger partial charge in [0.05, 0.1) is 7.11 Å². The number of anilines is 1. The van der Waals surface area contributed by atoms with Gasteiger partial charge in [-0.3, -0.25) is 4.90 Å². The Balaban J connectivity index is 1.30. The van der Waals surface area contributed by atoms with Crippen molar-refractivity contribution in [2.24, 2.45) is 0 Å². The van der Waals surface area contributed by atoms with Crippen LogP contribution < -0.4 is 9.64 Å². The van der Waals surface area contributed by atoms with E-state index in [0.29, 0.717) is 5.65 Å². The lowest BCUT2D eigenvalue weighted by atomic mass is 10.1. The summed E-state index contributed by atoms with van der Waals surface area (Å²) in [5, 5.41) is 15.8. The molecule has 1 saturated heterocycles. The van der Waals surface area contributed by atoms with Gasteiger partial charge in [-0.25, -0.2) is 0 Å². The Morgan fingerprint density at radius 1 is 1.00 bits per heavy atom. The van der Waals surface area contributed by atoms with Crippen molar-refractivity contribution in [3.8, 4) is 5.75 Å². The van der Waals surface area contributed by atoms with Crippen LogP contribution in [0.2, 0.25) is 0 Å². The van der Waals surface area contributed by atoms with Gasteiger partial charge in [-0.2, -0.15) is 0 Å². The molecule has 0 spiro atoms. The lowest BCUT2D eigenvalue weighted by molar-refractivity contribution is 0.260. The third kappa shape index (κ3) is 3.53. The molecule has 3 aromatic rings. The normalized spacial score (nSPS) is 15.6. The molecule has 1 aromatic carbocycles. The van der Waals surface area contributed by atoms with Crippen molar-refractivity contribution in [1.29, 1.82) is 0 Å². The van der Waals surface area contributed by atoms with E-state index < -0.39 is 0 Å². The van der Waals surface area contributed by atoms with E-state index in [1.807, 2.05) is 24.3 Å². The molecular formula is C17H21N7O. The van der Waals surface area contributed by atoms with Gasteiger partial charge < -0.3 is 9.64 Å². The van der Waals surface area contributed by atoms with E-state index in [1.165, 1.54) is 10.2 Å². The van der Waals surface area contributed by atoms with E-state index in [2.05, 4.69) is 42.6 Å². The van der Waals surface area contributed by atoms with Crippen molar-refractivity contribution < 1.29 is 4.74 Å². The van der Waals surface area contributed by atoms with Crippen LogP contribution in [0.4, 0.5) is 5.82 Å². The summed E-state index contributed by atoms with van der Waals surface area (Å²) in [6.45, 7) is 5.06. The topological polar surface area (TPSA) is 71.7 Å². The van der Waals surface area contributed by atoms with Gasteiger partial charge in [0.1, 0.15) is 5.75 Å². The first-order valence-electron chi connectivity index (χ1n) is 8.47. The van der Waals surface area contributed by atoms with Crippen LogP contribution in [0.1, 0.15) is 5.56 Å². The van der Waals surface area contributed by atoms with E-state index in [-0.39, 0.29) is 0 Å². The molecule has 0 aliphatic carbocycles. The van der Waals surface area contributed by atoms with Crippen molar-refractivity contribution in [3.05, 3.63) is 42.0 Å². The van der Waals surface area contributed by atoms with Crippen LogP contribution in [0.15, 0.2) is 36.4 Å². The average Bonchev–Trinajstić information content (AvgIpc) is 3.15. The first kappa shape index (κ1) is 15.8. The van der Waals surface area contributed by atoms with Gasteiger partial charge in [0, 0.05) is 32.7 Å². The minimum Gasteiger partial charge on any atom is -0.497 e. The summed E-state index contributed by atoms with van der Waals surface area (Å²) in [5.41, 5.74) is 2.01. The highest BCUT2D eigenvalue weighted by atomic mass is 16.5. The zero-order valence-corrected chi connectivity index (χ0v) is 14.2. The third-order valence-electron chi connectivity index (χ3n) is 4.63. The second-order valence-electron chi connectivity index (χ2n) is 6.14. The number of fused-ring (bicyclic) bond motifs is 1. The standard InChI is InChI=1S/C17H21N7O/c1-25-15-4-2-14(3-5-15)8-9-22-10-12-23(13-11-22)17-7-6-16-18-20-21-24(16)19-17/h2-7H,8-13H2,1H3. The molecule has 8 heteroatoms. The summed E-state index contributed by atoms with van der Waals surface area (Å²) in [5.74, 6) is 1.83. The number of tetrazole rings is 1. The van der Waals surface area contributed by atoms with Gasteiger partial charge in [-0.1, -0.05) is 12.1 Å². The summed E-state index contributed by atoms with van der Waals surface area (Å²) in [7, 11) is 1.69. The Hall–Kier alpha value is -2.74. The highest BCUT2D eigenvalue weighted by Gasteiger charge is 2.18. The van der Waals surface area contributed by atoms with Crippen molar-refractivity contribution in [2.75, 3.05) is 44.7 Å². The molecule has 0 N–H and O–H groups in total. The summed E-state index contributed by atoms with van der Waals surface area (Å²) in [6, 6.07) is 12.2. The number of rotatable bonds is 5. The molecule has 130 valence electrons. The Morgan fingerprint density at radius 3 is 2.56 bits per heavy atom. The summed E-state index contributed by atoms with van der Waals surface area (Å²) >= 11 is 0. The molecular weight excluding hydrogens is 318 g/mol. The summed E-state index contributed by atoms with van der Waals surface area (Å²) in [6.07, 6.45) is 1.05. The first-order valence-corrected chi connectivity index (χ1v) is 8.47. The molecule has 0 amide bonds. The number of benzene rings is 1. The molecule has 0 unspecified atom stereocenters. The van der Waals surface area contributed by atoms with Gasteiger partial charge in [-0.15, -0.1) is 14.8 Å². The van der Waals surface area contributed by atoms with Crippen LogP contribution in [-0.2, 0) is 6.42 Å². The molecule has 25 heavy (non-hydrogen) atoms. The number of aromatic nitrogens is 5. The Labute approximate surface area is 146 Å². The van der Waals surface area contributed by atoms with Crippen LogP contribution in [0.25, 0.3) is 5.65 Å². The monoisotopic (exact) mass is 339 g/mol. The number of hydrogen-bond acceptors (Lipinski definition) is 7. The molecule has 0 atom stereocenters. The van der Waals surface area contributed by atoms with E-state index in [0.717, 1.165) is 50.7 Å². The lowest BCUT2D eigenvalue weighted by Gasteiger charge is -2.35. The Bertz CT molecular complexity index is 824. The largest absolute Gasteiger partial charge is 0.497 e. The van der Waals surface area contributed by atoms with Crippen molar-refractivity contribution in [1.82, 2.24) is 30.2 Å². The summed E-state index contributed by atoms with van der Waals surface area (Å²) in [4.78, 5) is 4.78. The third-order valence-corrected chi connectivity index (χ3v) is 4.63. The van der Waals surface area contributed by atoms with E-state index in [4.69, 9.17) is 4.74 Å². The van der Waals surface area contributed by atoms with Crippen LogP contribution in [-0.4, -0.2) is 70.0 Å². The maximum Gasteiger partial charge on any atom is 0.200 e. The molecule has 1 aliphatic rings. The van der Waals surface area contributed by atoms with Crippen LogP contribution >= 0.6 is 0 Å². The molecule has 4 rings (SSSR count). The fourth-order valence-corrected chi connectivity index (χ4v) is 3.09. The minimum absolute atomic E-state index is 0.668. The maximum atomic E-state index is 5.20. The fraction of sp³-hybridized carbons (Fsp3) is 0.412. The van der Waals surface area contributed by atoms with E-state index >= 15 is 0 Å². The Kier molecular flexibility index (Phi) is 4.43. The average molecular weight is 339 g/mol. The number of hydrogen-bond donors (Lipinski definition) is 0. The number of methoxy groups -OCH3 is 1. The molecule has 8 nitrogen and oxygen atoms in total. The highest BCUT2D eigenvalue weighted by Crippen LogP contribution is 2.15.